The lowest BCUT2D eigenvalue weighted by Gasteiger charge is -2.30. The van der Waals surface area contributed by atoms with Gasteiger partial charge in [0.25, 0.3) is 0 Å². The third kappa shape index (κ3) is 4.60. The highest BCUT2D eigenvalue weighted by molar-refractivity contribution is 8.00. The van der Waals surface area contributed by atoms with Crippen LogP contribution in [0.15, 0.2) is 88.7 Å². The second-order valence-electron chi connectivity index (χ2n) is 9.48. The van der Waals surface area contributed by atoms with Crippen molar-refractivity contribution in [2.24, 2.45) is 5.92 Å². The largest absolute Gasteiger partial charge is 0.325 e. The van der Waals surface area contributed by atoms with Crippen molar-refractivity contribution in [1.82, 2.24) is 4.57 Å². The van der Waals surface area contributed by atoms with Gasteiger partial charge in [-0.2, -0.15) is 0 Å². The number of rotatable bonds is 5. The van der Waals surface area contributed by atoms with Crippen molar-refractivity contribution < 1.29 is 14.4 Å². The monoisotopic (exact) mass is 575 g/mol. The molecule has 7 nitrogen and oxygen atoms in total. The van der Waals surface area contributed by atoms with Crippen molar-refractivity contribution in [2.75, 3.05) is 10.2 Å². The number of nitrogens with zero attached hydrogens (tertiary/aromatic N) is 2. The molecule has 0 radical (unpaired) electrons. The summed E-state index contributed by atoms with van der Waals surface area (Å²) in [6, 6.07) is 23.4. The smallest absolute Gasteiger partial charge is 0.308 e. The van der Waals surface area contributed by atoms with Gasteiger partial charge in [0.1, 0.15) is 11.8 Å². The van der Waals surface area contributed by atoms with Crippen molar-refractivity contribution in [3.05, 3.63) is 110 Å². The van der Waals surface area contributed by atoms with Gasteiger partial charge in [0.2, 0.25) is 17.7 Å². The SMILES string of the molecule is Cc1ccc(NC(=O)Cn2c3c(sc2=O)[C@@H](c2ccccc2)[C@@H]2C(=O)N(c4ccc(Cl)cc4)C(=O)[C@@H]2S3)cc1. The van der Waals surface area contributed by atoms with Gasteiger partial charge in [-0.05, 0) is 48.9 Å². The van der Waals surface area contributed by atoms with E-state index in [1.54, 1.807) is 36.4 Å². The average Bonchev–Trinajstić information content (AvgIpc) is 3.37. The van der Waals surface area contributed by atoms with E-state index in [9.17, 15) is 19.2 Å². The number of aryl methyl sites for hydroxylation is 1. The van der Waals surface area contributed by atoms with Gasteiger partial charge in [-0.1, -0.05) is 82.7 Å². The van der Waals surface area contributed by atoms with Crippen molar-refractivity contribution in [1.29, 1.82) is 0 Å². The van der Waals surface area contributed by atoms with E-state index in [4.69, 9.17) is 11.6 Å². The Morgan fingerprint density at radius 1 is 0.923 bits per heavy atom. The van der Waals surface area contributed by atoms with Gasteiger partial charge in [0.15, 0.2) is 0 Å². The molecule has 196 valence electrons. The Bertz CT molecular complexity index is 1650. The number of thiazole rings is 1. The maximum Gasteiger partial charge on any atom is 0.308 e. The highest BCUT2D eigenvalue weighted by atomic mass is 35.5. The summed E-state index contributed by atoms with van der Waals surface area (Å²) in [4.78, 5) is 55.3. The first-order chi connectivity index (χ1) is 18.8. The van der Waals surface area contributed by atoms with Crippen LogP contribution in [0.25, 0.3) is 0 Å². The Morgan fingerprint density at radius 2 is 1.62 bits per heavy atom. The number of amides is 3. The van der Waals surface area contributed by atoms with Crippen LogP contribution < -0.4 is 15.1 Å². The molecule has 1 aromatic heterocycles. The summed E-state index contributed by atoms with van der Waals surface area (Å²) in [6.45, 7) is 1.76. The highest BCUT2D eigenvalue weighted by Gasteiger charge is 2.56. The lowest BCUT2D eigenvalue weighted by Crippen LogP contribution is -2.33. The maximum atomic E-state index is 13.8. The van der Waals surface area contributed by atoms with E-state index in [-0.39, 0.29) is 29.1 Å². The molecule has 1 fully saturated rings. The van der Waals surface area contributed by atoms with E-state index in [1.165, 1.54) is 21.2 Å². The molecule has 2 aliphatic heterocycles. The van der Waals surface area contributed by atoms with Crippen LogP contribution in [0.4, 0.5) is 11.4 Å². The molecule has 6 rings (SSSR count). The van der Waals surface area contributed by atoms with E-state index in [2.05, 4.69) is 5.32 Å². The molecule has 10 heteroatoms. The zero-order chi connectivity index (χ0) is 27.3. The van der Waals surface area contributed by atoms with Crippen LogP contribution >= 0.6 is 34.7 Å². The first kappa shape index (κ1) is 25.6. The van der Waals surface area contributed by atoms with Crippen LogP contribution in [0.1, 0.15) is 21.9 Å². The Morgan fingerprint density at radius 3 is 2.31 bits per heavy atom. The summed E-state index contributed by atoms with van der Waals surface area (Å²) in [7, 11) is 0. The van der Waals surface area contributed by atoms with Crippen molar-refractivity contribution in [3.8, 4) is 0 Å². The second-order valence-corrected chi connectivity index (χ2v) is 12.0. The van der Waals surface area contributed by atoms with Crippen molar-refractivity contribution in [2.45, 2.75) is 29.7 Å². The Balaban J connectivity index is 1.39. The fourth-order valence-electron chi connectivity index (χ4n) is 5.10. The lowest BCUT2D eigenvalue weighted by molar-refractivity contribution is -0.122. The number of anilines is 2. The van der Waals surface area contributed by atoms with Crippen molar-refractivity contribution >= 4 is 63.8 Å². The van der Waals surface area contributed by atoms with Gasteiger partial charge in [-0.25, -0.2) is 4.90 Å². The summed E-state index contributed by atoms with van der Waals surface area (Å²) in [5.41, 5.74) is 2.99. The van der Waals surface area contributed by atoms with Crippen LogP contribution in [0.3, 0.4) is 0 Å². The van der Waals surface area contributed by atoms with Crippen LogP contribution in [-0.4, -0.2) is 27.5 Å². The molecule has 4 aromatic rings. The molecule has 0 bridgehead atoms. The number of aromatic nitrogens is 1. The predicted octanol–water partition coefficient (Wildman–Crippen LogP) is 5.31. The fourth-order valence-corrected chi connectivity index (χ4v) is 8.00. The summed E-state index contributed by atoms with van der Waals surface area (Å²) >= 11 is 8.26. The summed E-state index contributed by atoms with van der Waals surface area (Å²) in [5.74, 6) is -2.21. The molecule has 0 spiro atoms. The number of carbonyl (C=O) groups excluding carboxylic acids is 3. The standard InChI is InChI=1S/C29H22ClN3O4S2/c1-16-7-11-19(12-8-16)31-21(34)15-32-28-25(39-29(32)37)22(17-5-3-2-4-6-17)23-24(38-28)27(36)33(26(23)35)20-13-9-18(30)10-14-20/h2-14,22-24H,15H2,1H3,(H,31,34)/t22-,23-,24+/m0/s1. The molecule has 39 heavy (non-hydrogen) atoms. The number of hydrogen-bond acceptors (Lipinski definition) is 6. The summed E-state index contributed by atoms with van der Waals surface area (Å²) < 4.78 is 1.42. The summed E-state index contributed by atoms with van der Waals surface area (Å²) in [5, 5.41) is 3.15. The molecule has 1 saturated heterocycles. The molecule has 0 saturated carbocycles. The zero-order valence-electron chi connectivity index (χ0n) is 20.7. The van der Waals surface area contributed by atoms with Crippen molar-refractivity contribution in [3.63, 3.8) is 0 Å². The number of halogens is 1. The molecule has 3 amide bonds. The molecule has 3 atom stereocenters. The minimum atomic E-state index is -0.744. The number of hydrogen-bond donors (Lipinski definition) is 1. The molecular weight excluding hydrogens is 554 g/mol. The highest BCUT2D eigenvalue weighted by Crippen LogP contribution is 2.53. The maximum absolute atomic E-state index is 13.8. The Hall–Kier alpha value is -3.66. The second kappa shape index (κ2) is 10.1. The number of benzene rings is 3. The topological polar surface area (TPSA) is 88.5 Å². The molecule has 1 N–H and O–H groups in total. The average molecular weight is 576 g/mol. The number of fused-ring (bicyclic) bond motifs is 2. The number of nitrogens with one attached hydrogen (secondary N) is 1. The van der Waals surface area contributed by atoms with Crippen LogP contribution in [0.5, 0.6) is 0 Å². The summed E-state index contributed by atoms with van der Waals surface area (Å²) in [6.07, 6.45) is 0. The van der Waals surface area contributed by atoms with E-state index in [0.717, 1.165) is 22.5 Å². The number of thioether (sulfide) groups is 1. The van der Waals surface area contributed by atoms with E-state index in [0.29, 0.717) is 26.3 Å². The number of carbonyl (C=O) groups is 3. The fraction of sp³-hybridized carbons (Fsp3) is 0.172. The normalized spacial score (nSPS) is 20.1. The third-order valence-corrected chi connectivity index (χ3v) is 9.79. The van der Waals surface area contributed by atoms with Gasteiger partial charge in [0.05, 0.1) is 16.6 Å². The van der Waals surface area contributed by atoms with Gasteiger partial charge in [-0.3, -0.25) is 23.7 Å². The van der Waals surface area contributed by atoms with Gasteiger partial charge < -0.3 is 5.32 Å². The molecule has 2 aliphatic rings. The zero-order valence-corrected chi connectivity index (χ0v) is 23.1. The minimum Gasteiger partial charge on any atom is -0.325 e. The van der Waals surface area contributed by atoms with Crippen LogP contribution in [-0.2, 0) is 20.9 Å². The minimum absolute atomic E-state index is 0.201. The van der Waals surface area contributed by atoms with E-state index < -0.39 is 17.1 Å². The van der Waals surface area contributed by atoms with Gasteiger partial charge in [0, 0.05) is 21.5 Å². The predicted molar refractivity (Wildman–Crippen MR) is 154 cm³/mol. The lowest BCUT2D eigenvalue weighted by atomic mass is 9.83. The Labute approximate surface area is 237 Å². The third-order valence-electron chi connectivity index (χ3n) is 6.93. The molecular formula is C29H22ClN3O4S2. The van der Waals surface area contributed by atoms with E-state index in [1.807, 2.05) is 49.4 Å². The Kier molecular flexibility index (Phi) is 6.66. The molecule has 3 heterocycles. The first-order valence-electron chi connectivity index (χ1n) is 12.3. The van der Waals surface area contributed by atoms with Gasteiger partial charge >= 0.3 is 4.87 Å². The van der Waals surface area contributed by atoms with Gasteiger partial charge in [-0.15, -0.1) is 0 Å². The number of imide groups is 1. The molecule has 0 aliphatic carbocycles. The van der Waals surface area contributed by atoms with Crippen LogP contribution in [0, 0.1) is 12.8 Å². The molecule has 0 unspecified atom stereocenters. The van der Waals surface area contributed by atoms with E-state index >= 15 is 0 Å². The quantitative estimate of drug-likeness (QED) is 0.326. The first-order valence-corrected chi connectivity index (χ1v) is 14.3. The molecule has 3 aromatic carbocycles. The van der Waals surface area contributed by atoms with Crippen LogP contribution in [0.2, 0.25) is 5.02 Å².